The van der Waals surface area contributed by atoms with Crippen molar-refractivity contribution >= 4 is 21.6 Å². The third-order valence-corrected chi connectivity index (χ3v) is 4.49. The van der Waals surface area contributed by atoms with Gasteiger partial charge in [-0.1, -0.05) is 22.9 Å². The fraction of sp³-hybridized carbons (Fsp3) is 0.600. The van der Waals surface area contributed by atoms with E-state index >= 15 is 0 Å². The zero-order chi connectivity index (χ0) is 13.8. The molecule has 0 amide bonds. The van der Waals surface area contributed by atoms with E-state index in [1.807, 2.05) is 7.05 Å². The Kier molecular flexibility index (Phi) is 5.25. The Morgan fingerprint density at radius 1 is 1.37 bits per heavy atom. The highest BCUT2D eigenvalue weighted by atomic mass is 79.9. The standard InChI is InChI=1S/C15H24BrN3/c1-4-14-11-19(8-7-18(14)3)15-6-5-13(16)9-12(15)10-17-2/h5-6,9,14,17H,4,7-8,10-11H2,1-3H3. The van der Waals surface area contributed by atoms with Gasteiger partial charge in [-0.05, 0) is 44.3 Å². The highest BCUT2D eigenvalue weighted by Crippen LogP contribution is 2.27. The van der Waals surface area contributed by atoms with Crippen LogP contribution in [0.15, 0.2) is 22.7 Å². The van der Waals surface area contributed by atoms with Gasteiger partial charge in [0.05, 0.1) is 0 Å². The van der Waals surface area contributed by atoms with Gasteiger partial charge in [-0.2, -0.15) is 0 Å². The minimum absolute atomic E-state index is 0.667. The number of hydrogen-bond donors (Lipinski definition) is 1. The van der Waals surface area contributed by atoms with E-state index < -0.39 is 0 Å². The van der Waals surface area contributed by atoms with Gasteiger partial charge in [0.1, 0.15) is 0 Å². The molecule has 1 unspecified atom stereocenters. The van der Waals surface area contributed by atoms with E-state index in [1.165, 1.54) is 17.7 Å². The van der Waals surface area contributed by atoms with E-state index in [4.69, 9.17) is 0 Å². The van der Waals surface area contributed by atoms with Crippen LogP contribution < -0.4 is 10.2 Å². The van der Waals surface area contributed by atoms with Crippen molar-refractivity contribution in [3.8, 4) is 0 Å². The van der Waals surface area contributed by atoms with Crippen molar-refractivity contribution in [3.63, 3.8) is 0 Å². The van der Waals surface area contributed by atoms with Crippen LogP contribution in [0.4, 0.5) is 5.69 Å². The Bertz CT molecular complexity index is 422. The van der Waals surface area contributed by atoms with Crippen LogP contribution in [0.1, 0.15) is 18.9 Å². The summed E-state index contributed by atoms with van der Waals surface area (Å²) < 4.78 is 1.16. The first kappa shape index (κ1) is 14.8. The molecule has 1 aliphatic rings. The molecule has 1 aromatic rings. The molecule has 0 aliphatic carbocycles. The Labute approximate surface area is 125 Å². The van der Waals surface area contributed by atoms with Crippen LogP contribution in [0.2, 0.25) is 0 Å². The molecule has 4 heteroatoms. The van der Waals surface area contributed by atoms with Crippen LogP contribution in [-0.2, 0) is 6.54 Å². The lowest BCUT2D eigenvalue weighted by molar-refractivity contribution is 0.213. The number of halogens is 1. The maximum absolute atomic E-state index is 3.57. The van der Waals surface area contributed by atoms with Crippen LogP contribution in [0, 0.1) is 0 Å². The van der Waals surface area contributed by atoms with Crippen molar-refractivity contribution in [3.05, 3.63) is 28.2 Å². The van der Waals surface area contributed by atoms with Gasteiger partial charge in [-0.3, -0.25) is 4.90 Å². The zero-order valence-corrected chi connectivity index (χ0v) is 13.7. The SMILES string of the molecule is CCC1CN(c2ccc(Br)cc2CNC)CCN1C. The van der Waals surface area contributed by atoms with E-state index in [0.717, 1.165) is 30.7 Å². The molecule has 1 aliphatic heterocycles. The second-order valence-electron chi connectivity index (χ2n) is 5.29. The largest absolute Gasteiger partial charge is 0.368 e. The summed E-state index contributed by atoms with van der Waals surface area (Å²) in [5, 5.41) is 3.27. The third-order valence-electron chi connectivity index (χ3n) is 4.00. The number of hydrogen-bond acceptors (Lipinski definition) is 3. The second kappa shape index (κ2) is 6.73. The first-order chi connectivity index (χ1) is 9.15. The molecule has 1 N–H and O–H groups in total. The number of piperazine rings is 1. The Balaban J connectivity index is 2.21. The number of rotatable bonds is 4. The number of nitrogens with zero attached hydrogens (tertiary/aromatic N) is 2. The molecule has 1 heterocycles. The highest BCUT2D eigenvalue weighted by Gasteiger charge is 2.24. The topological polar surface area (TPSA) is 18.5 Å². The van der Waals surface area contributed by atoms with Crippen LogP contribution in [0.5, 0.6) is 0 Å². The van der Waals surface area contributed by atoms with Crippen LogP contribution in [0.3, 0.4) is 0 Å². The summed E-state index contributed by atoms with van der Waals surface area (Å²) in [5.74, 6) is 0. The van der Waals surface area contributed by atoms with Crippen LogP contribution >= 0.6 is 15.9 Å². The first-order valence-electron chi connectivity index (χ1n) is 7.04. The average Bonchev–Trinajstić information content (AvgIpc) is 2.40. The van der Waals surface area contributed by atoms with E-state index in [2.05, 4.69) is 63.2 Å². The molecule has 106 valence electrons. The van der Waals surface area contributed by atoms with Gasteiger partial charge in [0.15, 0.2) is 0 Å². The molecule has 19 heavy (non-hydrogen) atoms. The quantitative estimate of drug-likeness (QED) is 0.918. The number of likely N-dealkylation sites (N-methyl/N-ethyl adjacent to an activating group) is 1. The molecule has 1 atom stereocenters. The minimum Gasteiger partial charge on any atom is -0.368 e. The Morgan fingerprint density at radius 3 is 2.84 bits per heavy atom. The lowest BCUT2D eigenvalue weighted by Gasteiger charge is -2.41. The summed E-state index contributed by atoms with van der Waals surface area (Å²) in [4.78, 5) is 5.01. The fourth-order valence-corrected chi connectivity index (χ4v) is 3.21. The maximum Gasteiger partial charge on any atom is 0.0413 e. The smallest absolute Gasteiger partial charge is 0.0413 e. The van der Waals surface area contributed by atoms with E-state index in [1.54, 1.807) is 0 Å². The van der Waals surface area contributed by atoms with Crippen molar-refractivity contribution in [2.24, 2.45) is 0 Å². The molecule has 0 spiro atoms. The Morgan fingerprint density at radius 2 is 2.16 bits per heavy atom. The predicted octanol–water partition coefficient (Wildman–Crippen LogP) is 2.70. The molecule has 0 radical (unpaired) electrons. The molecule has 3 nitrogen and oxygen atoms in total. The lowest BCUT2D eigenvalue weighted by Crippen LogP contribution is -2.51. The van der Waals surface area contributed by atoms with E-state index in [0.29, 0.717) is 6.04 Å². The lowest BCUT2D eigenvalue weighted by atomic mass is 10.1. The summed E-state index contributed by atoms with van der Waals surface area (Å²) >= 11 is 3.57. The molecular formula is C15H24BrN3. The van der Waals surface area contributed by atoms with Gasteiger partial charge in [0.2, 0.25) is 0 Å². The fourth-order valence-electron chi connectivity index (χ4n) is 2.80. The van der Waals surface area contributed by atoms with Crippen LogP contribution in [0.25, 0.3) is 0 Å². The van der Waals surface area contributed by atoms with Crippen molar-refractivity contribution in [2.45, 2.75) is 25.9 Å². The van der Waals surface area contributed by atoms with Crippen molar-refractivity contribution in [1.29, 1.82) is 0 Å². The molecule has 1 aromatic carbocycles. The van der Waals surface area contributed by atoms with Gasteiger partial charge in [0, 0.05) is 42.4 Å². The summed E-state index contributed by atoms with van der Waals surface area (Å²) in [7, 11) is 4.24. The van der Waals surface area contributed by atoms with Gasteiger partial charge in [0.25, 0.3) is 0 Å². The van der Waals surface area contributed by atoms with Crippen molar-refractivity contribution < 1.29 is 0 Å². The molecule has 0 saturated carbocycles. The molecule has 0 aromatic heterocycles. The molecule has 2 rings (SSSR count). The number of anilines is 1. The molecule has 0 bridgehead atoms. The van der Waals surface area contributed by atoms with E-state index in [-0.39, 0.29) is 0 Å². The summed E-state index contributed by atoms with van der Waals surface area (Å²) in [6.07, 6.45) is 1.21. The summed E-state index contributed by atoms with van der Waals surface area (Å²) in [6, 6.07) is 7.29. The van der Waals surface area contributed by atoms with Gasteiger partial charge >= 0.3 is 0 Å². The van der Waals surface area contributed by atoms with Gasteiger partial charge < -0.3 is 10.2 Å². The second-order valence-corrected chi connectivity index (χ2v) is 6.21. The molecule has 1 saturated heterocycles. The normalized spacial score (nSPS) is 20.8. The van der Waals surface area contributed by atoms with Gasteiger partial charge in [-0.25, -0.2) is 0 Å². The predicted molar refractivity (Wildman–Crippen MR) is 85.8 cm³/mol. The average molecular weight is 326 g/mol. The maximum atomic E-state index is 3.57. The van der Waals surface area contributed by atoms with Crippen molar-refractivity contribution in [2.75, 3.05) is 38.6 Å². The zero-order valence-electron chi connectivity index (χ0n) is 12.1. The Hall–Kier alpha value is -0.580. The molecule has 1 fully saturated rings. The third kappa shape index (κ3) is 3.50. The molecular weight excluding hydrogens is 302 g/mol. The number of benzene rings is 1. The van der Waals surface area contributed by atoms with Crippen molar-refractivity contribution in [1.82, 2.24) is 10.2 Å². The summed E-state index contributed by atoms with van der Waals surface area (Å²) in [6.45, 7) is 6.59. The van der Waals surface area contributed by atoms with E-state index in [9.17, 15) is 0 Å². The number of nitrogens with one attached hydrogen (secondary N) is 1. The van der Waals surface area contributed by atoms with Gasteiger partial charge in [-0.15, -0.1) is 0 Å². The monoisotopic (exact) mass is 325 g/mol. The minimum atomic E-state index is 0.667. The van der Waals surface area contributed by atoms with Crippen LogP contribution in [-0.4, -0.2) is 44.7 Å². The highest BCUT2D eigenvalue weighted by molar-refractivity contribution is 9.10. The summed E-state index contributed by atoms with van der Waals surface area (Å²) in [5.41, 5.74) is 2.75. The first-order valence-corrected chi connectivity index (χ1v) is 7.83.